The highest BCUT2D eigenvalue weighted by Crippen LogP contribution is 2.14. The number of rotatable bonds is 5. The molecule has 0 aliphatic rings. The van der Waals surface area contributed by atoms with Gasteiger partial charge in [-0.15, -0.1) is 0 Å². The van der Waals surface area contributed by atoms with E-state index in [0.717, 1.165) is 15.7 Å². The predicted molar refractivity (Wildman–Crippen MR) is 105 cm³/mol. The molecule has 0 fully saturated rings. The van der Waals surface area contributed by atoms with Crippen molar-refractivity contribution in [1.82, 2.24) is 25.2 Å². The number of nitrogens with zero attached hydrogens (tertiary/aromatic N) is 3. The van der Waals surface area contributed by atoms with Gasteiger partial charge < -0.3 is 4.57 Å². The normalized spacial score (nSPS) is 10.6. The third-order valence-corrected chi connectivity index (χ3v) is 4.63. The number of hydrogen-bond acceptors (Lipinski definition) is 3. The van der Waals surface area contributed by atoms with E-state index in [1.54, 1.807) is 28.6 Å². The number of aryl methyl sites for hydroxylation is 1. The Labute approximate surface area is 165 Å². The van der Waals surface area contributed by atoms with Gasteiger partial charge in [-0.1, -0.05) is 37.3 Å². The number of carbonyl (C=O) groups excluding carboxylic acids is 2. The summed E-state index contributed by atoms with van der Waals surface area (Å²) in [4.78, 5) is 24.7. The van der Waals surface area contributed by atoms with Gasteiger partial charge in [0, 0.05) is 17.7 Å². The summed E-state index contributed by atoms with van der Waals surface area (Å²) >= 11 is 3.32. The molecule has 0 atom stereocenters. The van der Waals surface area contributed by atoms with E-state index >= 15 is 0 Å². The number of hydrogen-bond donors (Lipinski definition) is 2. The van der Waals surface area contributed by atoms with Gasteiger partial charge in [0.15, 0.2) is 0 Å². The lowest BCUT2D eigenvalue weighted by molar-refractivity contribution is 0.0841. The first kappa shape index (κ1) is 18.9. The van der Waals surface area contributed by atoms with Crippen LogP contribution in [0.5, 0.6) is 0 Å². The summed E-state index contributed by atoms with van der Waals surface area (Å²) in [5.74, 6) is -0.793. The second-order valence-corrected chi connectivity index (χ2v) is 6.98. The van der Waals surface area contributed by atoms with E-state index in [1.807, 2.05) is 37.3 Å². The van der Waals surface area contributed by atoms with Gasteiger partial charge >= 0.3 is 0 Å². The Kier molecular flexibility index (Phi) is 5.75. The molecule has 0 saturated heterocycles. The van der Waals surface area contributed by atoms with E-state index in [0.29, 0.717) is 24.2 Å². The predicted octanol–water partition coefficient (Wildman–Crippen LogP) is 2.67. The number of benzene rings is 1. The first-order chi connectivity index (χ1) is 13.0. The summed E-state index contributed by atoms with van der Waals surface area (Å²) in [5.41, 5.74) is 7.70. The zero-order valence-corrected chi connectivity index (χ0v) is 16.7. The van der Waals surface area contributed by atoms with Crippen LogP contribution in [0.4, 0.5) is 0 Å². The van der Waals surface area contributed by atoms with Crippen molar-refractivity contribution in [2.24, 2.45) is 7.05 Å². The van der Waals surface area contributed by atoms with E-state index < -0.39 is 11.8 Å². The first-order valence-electron chi connectivity index (χ1n) is 8.50. The minimum absolute atomic E-state index is 0.396. The minimum atomic E-state index is -0.397. The lowest BCUT2D eigenvalue weighted by Crippen LogP contribution is -2.42. The molecule has 2 heterocycles. The van der Waals surface area contributed by atoms with Crippen LogP contribution in [0.1, 0.15) is 39.0 Å². The SMILES string of the molecule is CCc1c(C(=O)NNC(=O)c2cc(Br)cn2C)cnn1Cc1ccccc1. The molecule has 0 radical (unpaired) electrons. The maximum atomic E-state index is 12.5. The Balaban J connectivity index is 1.69. The molecule has 1 aromatic carbocycles. The quantitative estimate of drug-likeness (QED) is 0.611. The maximum absolute atomic E-state index is 12.5. The van der Waals surface area contributed by atoms with Crippen LogP contribution in [0.2, 0.25) is 0 Å². The summed E-state index contributed by atoms with van der Waals surface area (Å²) < 4.78 is 4.26. The summed E-state index contributed by atoms with van der Waals surface area (Å²) in [5, 5.41) is 4.34. The molecule has 0 aliphatic carbocycles. The Morgan fingerprint density at radius 1 is 1.15 bits per heavy atom. The standard InChI is InChI=1S/C19H20BrN5O2/c1-3-16-15(10-21-25(16)11-13-7-5-4-6-8-13)18(26)22-23-19(27)17-9-14(20)12-24(17)2/h4-10,12H,3,11H2,1-2H3,(H,22,26)(H,23,27). The number of nitrogens with one attached hydrogen (secondary N) is 2. The van der Waals surface area contributed by atoms with Gasteiger partial charge in [0.2, 0.25) is 0 Å². The van der Waals surface area contributed by atoms with Gasteiger partial charge in [-0.3, -0.25) is 25.1 Å². The van der Waals surface area contributed by atoms with E-state index in [2.05, 4.69) is 31.9 Å². The average Bonchev–Trinajstić information content (AvgIpc) is 3.22. The number of amides is 2. The van der Waals surface area contributed by atoms with Crippen molar-refractivity contribution in [3.63, 3.8) is 0 Å². The molecular formula is C19H20BrN5O2. The lowest BCUT2D eigenvalue weighted by Gasteiger charge is -2.10. The van der Waals surface area contributed by atoms with E-state index in [-0.39, 0.29) is 0 Å². The summed E-state index contributed by atoms with van der Waals surface area (Å²) in [7, 11) is 1.75. The lowest BCUT2D eigenvalue weighted by atomic mass is 10.2. The van der Waals surface area contributed by atoms with Crippen LogP contribution in [-0.2, 0) is 20.0 Å². The topological polar surface area (TPSA) is 81.0 Å². The third kappa shape index (κ3) is 4.28. The van der Waals surface area contributed by atoms with Crippen LogP contribution in [0.25, 0.3) is 0 Å². The summed E-state index contributed by atoms with van der Waals surface area (Å²) in [6, 6.07) is 11.6. The summed E-state index contributed by atoms with van der Waals surface area (Å²) in [6.45, 7) is 2.55. The number of hydrazine groups is 1. The number of aromatic nitrogens is 3. The average molecular weight is 430 g/mol. The molecule has 2 aromatic heterocycles. The molecular weight excluding hydrogens is 410 g/mol. The smallest absolute Gasteiger partial charge is 0.286 e. The van der Waals surface area contributed by atoms with Crippen molar-refractivity contribution < 1.29 is 9.59 Å². The van der Waals surface area contributed by atoms with Crippen LogP contribution in [0, 0.1) is 0 Å². The molecule has 0 aliphatic heterocycles. The molecule has 140 valence electrons. The molecule has 0 unspecified atom stereocenters. The molecule has 0 spiro atoms. The zero-order valence-electron chi connectivity index (χ0n) is 15.1. The van der Waals surface area contributed by atoms with Crippen molar-refractivity contribution in [3.05, 3.63) is 75.8 Å². The third-order valence-electron chi connectivity index (χ3n) is 4.20. The van der Waals surface area contributed by atoms with E-state index in [1.165, 1.54) is 6.20 Å². The molecule has 3 rings (SSSR count). The van der Waals surface area contributed by atoms with Crippen molar-refractivity contribution in [1.29, 1.82) is 0 Å². The zero-order chi connectivity index (χ0) is 19.4. The fraction of sp³-hybridized carbons (Fsp3) is 0.211. The molecule has 0 bridgehead atoms. The van der Waals surface area contributed by atoms with Crippen LogP contribution in [-0.4, -0.2) is 26.2 Å². The van der Waals surface area contributed by atoms with Gasteiger partial charge in [0.05, 0.1) is 24.0 Å². The molecule has 2 N–H and O–H groups in total. The first-order valence-corrected chi connectivity index (χ1v) is 9.30. The Morgan fingerprint density at radius 3 is 2.48 bits per heavy atom. The van der Waals surface area contributed by atoms with Crippen molar-refractivity contribution in [2.45, 2.75) is 19.9 Å². The van der Waals surface area contributed by atoms with Gasteiger partial charge in [0.25, 0.3) is 11.8 Å². The number of carbonyl (C=O) groups is 2. The molecule has 0 saturated carbocycles. The molecule has 8 heteroatoms. The van der Waals surface area contributed by atoms with Crippen LogP contribution >= 0.6 is 15.9 Å². The van der Waals surface area contributed by atoms with E-state index in [4.69, 9.17) is 0 Å². The second-order valence-electron chi connectivity index (χ2n) is 6.06. The Bertz CT molecular complexity index is 962. The molecule has 27 heavy (non-hydrogen) atoms. The molecule has 7 nitrogen and oxygen atoms in total. The van der Waals surface area contributed by atoms with Gasteiger partial charge in [-0.2, -0.15) is 5.10 Å². The van der Waals surface area contributed by atoms with Crippen molar-refractivity contribution in [2.75, 3.05) is 0 Å². The monoisotopic (exact) mass is 429 g/mol. The van der Waals surface area contributed by atoms with Gasteiger partial charge in [0.1, 0.15) is 5.69 Å². The maximum Gasteiger partial charge on any atom is 0.286 e. The highest BCUT2D eigenvalue weighted by atomic mass is 79.9. The highest BCUT2D eigenvalue weighted by molar-refractivity contribution is 9.10. The Morgan fingerprint density at radius 2 is 1.85 bits per heavy atom. The van der Waals surface area contributed by atoms with Crippen molar-refractivity contribution >= 4 is 27.7 Å². The molecule has 2 amide bonds. The highest BCUT2D eigenvalue weighted by Gasteiger charge is 2.18. The fourth-order valence-electron chi connectivity index (χ4n) is 2.86. The van der Waals surface area contributed by atoms with Crippen molar-refractivity contribution in [3.8, 4) is 0 Å². The number of halogens is 1. The van der Waals surface area contributed by atoms with Crippen LogP contribution in [0.15, 0.2) is 53.3 Å². The minimum Gasteiger partial charge on any atom is -0.345 e. The summed E-state index contributed by atoms with van der Waals surface area (Å²) in [6.07, 6.45) is 3.94. The Hall–Kier alpha value is -2.87. The fourth-order valence-corrected chi connectivity index (χ4v) is 3.38. The van der Waals surface area contributed by atoms with Gasteiger partial charge in [-0.25, -0.2) is 0 Å². The second kappa shape index (κ2) is 8.22. The largest absolute Gasteiger partial charge is 0.345 e. The van der Waals surface area contributed by atoms with E-state index in [9.17, 15) is 9.59 Å². The van der Waals surface area contributed by atoms with Gasteiger partial charge in [-0.05, 0) is 34.0 Å². The van der Waals surface area contributed by atoms with Crippen LogP contribution in [0.3, 0.4) is 0 Å². The molecule has 3 aromatic rings. The van der Waals surface area contributed by atoms with Crippen LogP contribution < -0.4 is 10.9 Å².